The summed E-state index contributed by atoms with van der Waals surface area (Å²) >= 11 is 0. The van der Waals surface area contributed by atoms with Gasteiger partial charge >= 0.3 is 5.97 Å². The number of carbonyl (C=O) groups excluding carboxylic acids is 3. The van der Waals surface area contributed by atoms with E-state index in [0.717, 1.165) is 18.4 Å². The van der Waals surface area contributed by atoms with Gasteiger partial charge in [0.15, 0.2) is 0 Å². The first-order chi connectivity index (χ1) is 18.9. The third-order valence-electron chi connectivity index (χ3n) is 6.79. The number of methoxy groups -OCH3 is 1. The molecule has 0 aromatic heterocycles. The Kier molecular flexibility index (Phi) is 9.31. The van der Waals surface area contributed by atoms with Crippen molar-refractivity contribution >= 4 is 23.5 Å². The second kappa shape index (κ2) is 13.0. The van der Waals surface area contributed by atoms with Gasteiger partial charge in [-0.2, -0.15) is 0 Å². The van der Waals surface area contributed by atoms with Crippen LogP contribution in [0.1, 0.15) is 41.3 Å². The number of ether oxygens (including phenoxy) is 2. The highest BCUT2D eigenvalue weighted by atomic mass is 19.1. The highest BCUT2D eigenvalue weighted by molar-refractivity contribution is 6.06. The number of nitrogens with zero attached hydrogens (tertiary/aromatic N) is 2. The summed E-state index contributed by atoms with van der Waals surface area (Å²) in [4.78, 5) is 42.0. The van der Waals surface area contributed by atoms with E-state index < -0.39 is 0 Å². The molecule has 1 atom stereocenters. The van der Waals surface area contributed by atoms with E-state index in [4.69, 9.17) is 9.47 Å². The van der Waals surface area contributed by atoms with Crippen LogP contribution in [0.2, 0.25) is 0 Å². The molecule has 0 N–H and O–H groups in total. The van der Waals surface area contributed by atoms with Crippen molar-refractivity contribution in [2.75, 3.05) is 31.7 Å². The maximum atomic E-state index is 13.9. The molecule has 204 valence electrons. The summed E-state index contributed by atoms with van der Waals surface area (Å²) in [5.41, 5.74) is 2.49. The molecular weight excluding hydrogens is 499 g/mol. The quantitative estimate of drug-likeness (QED) is 0.362. The monoisotopic (exact) mass is 532 g/mol. The van der Waals surface area contributed by atoms with Crippen LogP contribution in [0.15, 0.2) is 72.8 Å². The van der Waals surface area contributed by atoms with Crippen LogP contribution in [0.5, 0.6) is 5.75 Å². The summed E-state index contributed by atoms with van der Waals surface area (Å²) in [5.74, 6) is -0.676. The number of anilines is 1. The van der Waals surface area contributed by atoms with Crippen molar-refractivity contribution in [1.82, 2.24) is 4.90 Å². The molecule has 1 heterocycles. The number of amides is 2. The Morgan fingerprint density at radius 1 is 1.00 bits per heavy atom. The number of benzene rings is 3. The van der Waals surface area contributed by atoms with Crippen molar-refractivity contribution in [3.05, 3.63) is 95.3 Å². The molecule has 0 bridgehead atoms. The Labute approximate surface area is 228 Å². The number of hydrogen-bond donors (Lipinski definition) is 0. The highest BCUT2D eigenvalue weighted by Gasteiger charge is 2.29. The first-order valence-electron chi connectivity index (χ1n) is 13.1. The predicted molar refractivity (Wildman–Crippen MR) is 146 cm³/mol. The number of carbonyl (C=O) groups is 3. The van der Waals surface area contributed by atoms with Crippen molar-refractivity contribution in [1.29, 1.82) is 0 Å². The Morgan fingerprint density at radius 3 is 2.49 bits per heavy atom. The molecule has 1 aliphatic heterocycles. The molecule has 4 rings (SSSR count). The maximum Gasteiger partial charge on any atom is 0.310 e. The van der Waals surface area contributed by atoms with Crippen LogP contribution in [0.3, 0.4) is 0 Å². The topological polar surface area (TPSA) is 76.2 Å². The SMILES string of the molecule is CCOC(=O)[C@H]1CCCN(C(=O)Cc2ccc(N(Cc3cccc(F)c3)C(=O)c3cccc(OC)c3)cc2)C1. The van der Waals surface area contributed by atoms with Gasteiger partial charge in [0.05, 0.1) is 32.6 Å². The fourth-order valence-corrected chi connectivity index (χ4v) is 4.75. The fourth-order valence-electron chi connectivity index (χ4n) is 4.75. The molecule has 0 aliphatic carbocycles. The van der Waals surface area contributed by atoms with Gasteiger partial charge < -0.3 is 19.3 Å². The molecule has 1 saturated heterocycles. The predicted octanol–water partition coefficient (Wildman–Crippen LogP) is 5.03. The fraction of sp³-hybridized carbons (Fsp3) is 0.323. The van der Waals surface area contributed by atoms with Crippen LogP contribution in [-0.4, -0.2) is 49.5 Å². The molecule has 0 radical (unpaired) electrons. The molecule has 7 nitrogen and oxygen atoms in total. The smallest absolute Gasteiger partial charge is 0.310 e. The number of hydrogen-bond acceptors (Lipinski definition) is 5. The lowest BCUT2D eigenvalue weighted by Crippen LogP contribution is -2.43. The van der Waals surface area contributed by atoms with Crippen molar-refractivity contribution in [2.24, 2.45) is 5.92 Å². The van der Waals surface area contributed by atoms with Crippen LogP contribution >= 0.6 is 0 Å². The van der Waals surface area contributed by atoms with E-state index in [2.05, 4.69) is 0 Å². The van der Waals surface area contributed by atoms with E-state index in [1.54, 1.807) is 65.3 Å². The van der Waals surface area contributed by atoms with Crippen molar-refractivity contribution in [3.8, 4) is 5.75 Å². The third kappa shape index (κ3) is 7.22. The van der Waals surface area contributed by atoms with Gasteiger partial charge in [0.25, 0.3) is 5.91 Å². The van der Waals surface area contributed by atoms with Gasteiger partial charge in [0, 0.05) is 24.3 Å². The van der Waals surface area contributed by atoms with Crippen LogP contribution in [0.4, 0.5) is 10.1 Å². The van der Waals surface area contributed by atoms with Crippen LogP contribution in [-0.2, 0) is 27.3 Å². The second-order valence-corrected chi connectivity index (χ2v) is 9.53. The number of esters is 1. The molecule has 0 unspecified atom stereocenters. The van der Waals surface area contributed by atoms with Crippen LogP contribution in [0, 0.1) is 11.7 Å². The standard InChI is InChI=1S/C31H33FN2O5/c1-3-39-31(37)25-9-6-16-33(21-25)29(35)18-22-12-14-27(15-13-22)34(20-23-7-4-10-26(32)17-23)30(36)24-8-5-11-28(19-24)38-2/h4-5,7-8,10-15,17,19,25H,3,6,9,16,18,20-21H2,1-2H3/t25-/m0/s1. The maximum absolute atomic E-state index is 13.9. The third-order valence-corrected chi connectivity index (χ3v) is 6.79. The summed E-state index contributed by atoms with van der Waals surface area (Å²) in [7, 11) is 1.54. The summed E-state index contributed by atoms with van der Waals surface area (Å²) < 4.78 is 24.3. The average molecular weight is 533 g/mol. The van der Waals surface area contributed by atoms with Gasteiger partial charge in [-0.25, -0.2) is 4.39 Å². The van der Waals surface area contributed by atoms with E-state index in [9.17, 15) is 18.8 Å². The molecule has 3 aromatic rings. The second-order valence-electron chi connectivity index (χ2n) is 9.53. The Balaban J connectivity index is 1.51. The summed E-state index contributed by atoms with van der Waals surface area (Å²) in [5, 5.41) is 0. The molecule has 8 heteroatoms. The lowest BCUT2D eigenvalue weighted by molar-refractivity contribution is -0.151. The van der Waals surface area contributed by atoms with E-state index in [1.165, 1.54) is 19.2 Å². The molecule has 3 aromatic carbocycles. The van der Waals surface area contributed by atoms with Crippen LogP contribution < -0.4 is 9.64 Å². The lowest BCUT2D eigenvalue weighted by Gasteiger charge is -2.31. The largest absolute Gasteiger partial charge is 0.497 e. The number of halogens is 1. The average Bonchev–Trinajstić information content (AvgIpc) is 2.96. The van der Waals surface area contributed by atoms with Crippen molar-refractivity contribution in [3.63, 3.8) is 0 Å². The van der Waals surface area contributed by atoms with Gasteiger partial charge in [-0.05, 0) is 73.4 Å². The van der Waals surface area contributed by atoms with E-state index >= 15 is 0 Å². The zero-order chi connectivity index (χ0) is 27.8. The number of rotatable bonds is 9. The Bertz CT molecular complexity index is 1310. The first kappa shape index (κ1) is 27.8. The number of likely N-dealkylation sites (tertiary alicyclic amines) is 1. The highest BCUT2D eigenvalue weighted by Crippen LogP contribution is 2.24. The molecular formula is C31H33FN2O5. The zero-order valence-corrected chi connectivity index (χ0v) is 22.3. The molecule has 1 aliphatic rings. The zero-order valence-electron chi connectivity index (χ0n) is 22.3. The molecule has 39 heavy (non-hydrogen) atoms. The summed E-state index contributed by atoms with van der Waals surface area (Å²) in [6.45, 7) is 3.24. The normalized spacial score (nSPS) is 14.9. The molecule has 0 spiro atoms. The summed E-state index contributed by atoms with van der Waals surface area (Å²) in [6.07, 6.45) is 1.67. The van der Waals surface area contributed by atoms with Gasteiger partial charge in [-0.1, -0.05) is 30.3 Å². The lowest BCUT2D eigenvalue weighted by atomic mass is 9.97. The Morgan fingerprint density at radius 2 is 1.77 bits per heavy atom. The molecule has 1 fully saturated rings. The summed E-state index contributed by atoms with van der Waals surface area (Å²) in [6, 6.07) is 20.2. The van der Waals surface area contributed by atoms with E-state index in [-0.39, 0.29) is 42.5 Å². The minimum atomic E-state index is -0.377. The van der Waals surface area contributed by atoms with E-state index in [1.807, 2.05) is 12.1 Å². The van der Waals surface area contributed by atoms with Gasteiger partial charge in [0.2, 0.25) is 5.91 Å². The van der Waals surface area contributed by atoms with Crippen molar-refractivity contribution < 1.29 is 28.2 Å². The van der Waals surface area contributed by atoms with Gasteiger partial charge in [-0.3, -0.25) is 14.4 Å². The minimum Gasteiger partial charge on any atom is -0.497 e. The van der Waals surface area contributed by atoms with Crippen LogP contribution in [0.25, 0.3) is 0 Å². The molecule has 2 amide bonds. The Hall–Kier alpha value is -4.20. The number of piperidine rings is 1. The van der Waals surface area contributed by atoms with Gasteiger partial charge in [0.1, 0.15) is 11.6 Å². The van der Waals surface area contributed by atoms with Crippen molar-refractivity contribution in [2.45, 2.75) is 32.7 Å². The molecule has 0 saturated carbocycles. The van der Waals surface area contributed by atoms with E-state index in [0.29, 0.717) is 42.3 Å². The first-order valence-corrected chi connectivity index (χ1v) is 13.1. The minimum absolute atomic E-state index is 0.0548. The van der Waals surface area contributed by atoms with Gasteiger partial charge in [-0.15, -0.1) is 0 Å².